The van der Waals surface area contributed by atoms with Crippen LogP contribution in [-0.2, 0) is 39.9 Å². The number of ether oxygens (including phenoxy) is 2. The van der Waals surface area contributed by atoms with Gasteiger partial charge in [0.15, 0.2) is 0 Å². The number of methoxy groups -OCH3 is 2. The molecule has 1 heterocycles. The molecule has 2 rings (SSSR count). The lowest BCUT2D eigenvalue weighted by molar-refractivity contribution is -0.148. The molecule has 0 saturated carbocycles. The highest BCUT2D eigenvalue weighted by Crippen LogP contribution is 2.30. The first-order chi connectivity index (χ1) is 24.9. The van der Waals surface area contributed by atoms with E-state index in [-0.39, 0.29) is 48.3 Å². The lowest BCUT2D eigenvalue weighted by atomic mass is 9.89. The Kier molecular flexibility index (Phi) is 18.7. The highest BCUT2D eigenvalue weighted by atomic mass is 35.5. The van der Waals surface area contributed by atoms with Gasteiger partial charge in [0.05, 0.1) is 42.7 Å². The molecule has 1 aromatic carbocycles. The van der Waals surface area contributed by atoms with Gasteiger partial charge < -0.3 is 40.3 Å². The summed E-state index contributed by atoms with van der Waals surface area (Å²) in [7, 11) is 6.43. The Bertz CT molecular complexity index is 1380. The summed E-state index contributed by atoms with van der Waals surface area (Å²) in [5, 5.41) is 19.0. The average molecular weight is 766 g/mol. The predicted molar refractivity (Wildman–Crippen MR) is 205 cm³/mol. The summed E-state index contributed by atoms with van der Waals surface area (Å²) in [5.41, 5.74) is 0.669. The van der Waals surface area contributed by atoms with Gasteiger partial charge >= 0.3 is 5.97 Å². The fraction of sp³-hybridized carbons (Fsp3) is 0.718. The van der Waals surface area contributed by atoms with Gasteiger partial charge in [0.2, 0.25) is 23.6 Å². The fourth-order valence-electron chi connectivity index (χ4n) is 7.45. The largest absolute Gasteiger partial charge is 0.480 e. The van der Waals surface area contributed by atoms with Gasteiger partial charge in [-0.05, 0) is 55.3 Å². The number of aliphatic carboxylic acids is 1. The highest BCUT2D eigenvalue weighted by Gasteiger charge is 2.43. The monoisotopic (exact) mass is 765 g/mol. The smallest absolute Gasteiger partial charge is 0.326 e. The molecule has 14 heteroatoms. The number of rotatable bonds is 21. The third-order valence-electron chi connectivity index (χ3n) is 10.7. The van der Waals surface area contributed by atoms with E-state index in [9.17, 15) is 29.1 Å². The fourth-order valence-corrected chi connectivity index (χ4v) is 7.67. The molecule has 4 amide bonds. The number of halogens is 1. The zero-order valence-electron chi connectivity index (χ0n) is 33.5. The lowest BCUT2D eigenvalue weighted by Gasteiger charge is -2.41. The highest BCUT2D eigenvalue weighted by molar-refractivity contribution is 6.30. The molecule has 1 saturated heterocycles. The van der Waals surface area contributed by atoms with E-state index in [0.717, 1.165) is 0 Å². The molecule has 0 radical (unpaired) electrons. The molecular weight excluding hydrogens is 702 g/mol. The molecule has 0 aromatic heterocycles. The van der Waals surface area contributed by atoms with Crippen molar-refractivity contribution in [1.29, 1.82) is 0 Å². The second kappa shape index (κ2) is 21.6. The molecule has 1 fully saturated rings. The second-order valence-electron chi connectivity index (χ2n) is 15.1. The summed E-state index contributed by atoms with van der Waals surface area (Å²) in [5.74, 6) is -3.41. The molecule has 0 aliphatic carbocycles. The van der Waals surface area contributed by atoms with Crippen LogP contribution in [0.2, 0.25) is 5.02 Å². The van der Waals surface area contributed by atoms with E-state index >= 15 is 0 Å². The van der Waals surface area contributed by atoms with Crippen molar-refractivity contribution in [3.63, 3.8) is 0 Å². The number of likely N-dealkylation sites (tertiary alicyclic amines) is 1. The van der Waals surface area contributed by atoms with Gasteiger partial charge in [-0.1, -0.05) is 78.6 Å². The van der Waals surface area contributed by atoms with Crippen LogP contribution < -0.4 is 16.0 Å². The Labute approximate surface area is 321 Å². The molecule has 13 nitrogen and oxygen atoms in total. The second-order valence-corrected chi connectivity index (χ2v) is 15.5. The molecule has 0 bridgehead atoms. The minimum Gasteiger partial charge on any atom is -0.480 e. The summed E-state index contributed by atoms with van der Waals surface area (Å²) in [6, 6.07) is 3.45. The van der Waals surface area contributed by atoms with Crippen LogP contribution >= 0.6 is 11.6 Å². The number of benzene rings is 1. The minimum atomic E-state index is -1.19. The molecule has 2 unspecified atom stereocenters. The van der Waals surface area contributed by atoms with Gasteiger partial charge in [-0.15, -0.1) is 0 Å². The van der Waals surface area contributed by atoms with Gasteiger partial charge in [-0.3, -0.25) is 19.2 Å². The SMILES string of the molecule is CC[C@H](C)C([C@@H](CC(=O)N1CCC[C@H]1[C@H](OC)[C@@H](C)C(=O)NC(Cc1cccc(Cl)c1)C(=O)O)OC)N(C)C(=O)[C@@H](NC(=O)[C@@H](NC)C(C)C)C(C)C. The number of carbonyl (C=O) groups excluding carboxylic acids is 4. The van der Waals surface area contributed by atoms with Gasteiger partial charge in [0.25, 0.3) is 0 Å². The van der Waals surface area contributed by atoms with E-state index < -0.39 is 60.2 Å². The van der Waals surface area contributed by atoms with Gasteiger partial charge in [-0.2, -0.15) is 0 Å². The van der Waals surface area contributed by atoms with Crippen LogP contribution in [0.3, 0.4) is 0 Å². The van der Waals surface area contributed by atoms with Crippen molar-refractivity contribution in [2.24, 2.45) is 23.7 Å². The summed E-state index contributed by atoms with van der Waals surface area (Å²) in [6.07, 6.45) is 0.654. The summed E-state index contributed by atoms with van der Waals surface area (Å²) in [4.78, 5) is 70.4. The number of nitrogens with one attached hydrogen (secondary N) is 3. The maximum absolute atomic E-state index is 14.1. The molecule has 1 aliphatic heterocycles. The van der Waals surface area contributed by atoms with Crippen LogP contribution in [0.4, 0.5) is 0 Å². The first kappa shape index (κ1) is 45.9. The molecule has 1 aromatic rings. The number of amides is 4. The normalized spacial score (nSPS) is 19.1. The third-order valence-corrected chi connectivity index (χ3v) is 10.9. The maximum Gasteiger partial charge on any atom is 0.326 e. The van der Waals surface area contributed by atoms with E-state index in [2.05, 4.69) is 16.0 Å². The summed E-state index contributed by atoms with van der Waals surface area (Å²) < 4.78 is 11.8. The van der Waals surface area contributed by atoms with Crippen LogP contribution in [0.15, 0.2) is 24.3 Å². The predicted octanol–water partition coefficient (Wildman–Crippen LogP) is 3.76. The van der Waals surface area contributed by atoms with E-state index in [1.807, 2.05) is 41.5 Å². The van der Waals surface area contributed by atoms with Crippen molar-refractivity contribution in [2.75, 3.05) is 34.9 Å². The maximum atomic E-state index is 14.1. The Morgan fingerprint density at radius 2 is 1.62 bits per heavy atom. The molecule has 9 atom stereocenters. The number of carbonyl (C=O) groups is 5. The van der Waals surface area contributed by atoms with Crippen LogP contribution in [-0.4, -0.2) is 122 Å². The quantitative estimate of drug-likeness (QED) is 0.146. The zero-order valence-corrected chi connectivity index (χ0v) is 34.2. The van der Waals surface area contributed by atoms with Crippen molar-refractivity contribution < 1.29 is 38.6 Å². The Morgan fingerprint density at radius 1 is 0.981 bits per heavy atom. The molecule has 53 heavy (non-hydrogen) atoms. The summed E-state index contributed by atoms with van der Waals surface area (Å²) in [6.45, 7) is 13.8. The van der Waals surface area contributed by atoms with Crippen LogP contribution in [0, 0.1) is 23.7 Å². The first-order valence-corrected chi connectivity index (χ1v) is 19.2. The van der Waals surface area contributed by atoms with Crippen LogP contribution in [0.25, 0.3) is 0 Å². The Balaban J connectivity index is 2.27. The van der Waals surface area contributed by atoms with Crippen molar-refractivity contribution in [3.8, 4) is 0 Å². The van der Waals surface area contributed by atoms with E-state index in [1.165, 1.54) is 14.2 Å². The number of hydrogen-bond donors (Lipinski definition) is 4. The lowest BCUT2D eigenvalue weighted by Crippen LogP contribution is -2.59. The van der Waals surface area contributed by atoms with E-state index in [4.69, 9.17) is 21.1 Å². The molecule has 1 aliphatic rings. The zero-order chi connectivity index (χ0) is 40.2. The van der Waals surface area contributed by atoms with Crippen molar-refractivity contribution >= 4 is 41.2 Å². The topological polar surface area (TPSA) is 167 Å². The van der Waals surface area contributed by atoms with Gasteiger partial charge in [0, 0.05) is 39.3 Å². The number of hydrogen-bond acceptors (Lipinski definition) is 8. The first-order valence-electron chi connectivity index (χ1n) is 18.8. The minimum absolute atomic E-state index is 0.0169. The van der Waals surface area contributed by atoms with Crippen LogP contribution in [0.1, 0.15) is 79.7 Å². The number of carboxylic acids is 1. The van der Waals surface area contributed by atoms with Crippen molar-refractivity contribution in [2.45, 2.75) is 123 Å². The third kappa shape index (κ3) is 12.4. The molecule has 0 spiro atoms. The van der Waals surface area contributed by atoms with Gasteiger partial charge in [0.1, 0.15) is 12.1 Å². The number of likely N-dealkylation sites (N-methyl/N-ethyl adjacent to an activating group) is 2. The van der Waals surface area contributed by atoms with Crippen molar-refractivity contribution in [3.05, 3.63) is 34.9 Å². The molecule has 4 N–H and O–H groups in total. The van der Waals surface area contributed by atoms with E-state index in [1.54, 1.807) is 55.1 Å². The van der Waals surface area contributed by atoms with E-state index in [0.29, 0.717) is 36.4 Å². The molecular formula is C39H64ClN5O8. The number of nitrogens with zero attached hydrogens (tertiary/aromatic N) is 2. The Hall–Kier alpha value is -3.26. The Morgan fingerprint density at radius 3 is 2.13 bits per heavy atom. The van der Waals surface area contributed by atoms with Crippen LogP contribution in [0.5, 0.6) is 0 Å². The average Bonchev–Trinajstić information content (AvgIpc) is 3.59. The summed E-state index contributed by atoms with van der Waals surface area (Å²) >= 11 is 6.08. The number of carboxylic acid groups (broad SMARTS) is 1. The molecule has 300 valence electrons. The van der Waals surface area contributed by atoms with Gasteiger partial charge in [-0.25, -0.2) is 4.79 Å². The van der Waals surface area contributed by atoms with Crippen molar-refractivity contribution in [1.82, 2.24) is 25.8 Å². The standard InChI is InChI=1S/C39H64ClN5O8/c1-12-24(6)34(44(9)38(49)33(23(4)5)43-37(48)32(41-8)22(2)3)30(52-10)21-31(46)45-18-14-17-29(45)35(53-11)25(7)36(47)42-28(39(50)51)20-26-15-13-16-27(40)19-26/h13,15-16,19,22-25,28-30,32-35,41H,12,14,17-18,20-21H2,1-11H3,(H,42,47)(H,43,48)(H,50,51)/t24-,25+,28?,29-,30+,32-,33-,34?,35+/m0/s1.